The summed E-state index contributed by atoms with van der Waals surface area (Å²) in [4.78, 5) is 36.5. The summed E-state index contributed by atoms with van der Waals surface area (Å²) in [7, 11) is 0. The Balaban J connectivity index is 1.54. The largest absolute Gasteiger partial charge is 0.375 e. The zero-order valence-corrected chi connectivity index (χ0v) is 16.6. The Hall–Kier alpha value is -3.06. The van der Waals surface area contributed by atoms with Gasteiger partial charge in [-0.3, -0.25) is 14.9 Å². The molecular weight excluding hydrogens is 392 g/mol. The lowest BCUT2D eigenvalue weighted by Crippen LogP contribution is -2.45. The maximum Gasteiger partial charge on any atom is 0.321 e. The van der Waals surface area contributed by atoms with Gasteiger partial charge in [0.25, 0.3) is 5.91 Å². The van der Waals surface area contributed by atoms with Gasteiger partial charge in [0.05, 0.1) is 12.1 Å². The molecule has 2 aromatic rings. The molecule has 0 aromatic heterocycles. The number of imide groups is 1. The smallest absolute Gasteiger partial charge is 0.321 e. The SMILES string of the molecule is O=C(CNc1ccccc1C(=O)Nc1ccc(Cl)cc1)NC(=O)NC1CCCC1. The predicted molar refractivity (Wildman–Crippen MR) is 113 cm³/mol. The first-order valence-electron chi connectivity index (χ1n) is 9.51. The second-order valence-corrected chi connectivity index (χ2v) is 7.30. The predicted octanol–water partition coefficient (Wildman–Crippen LogP) is 3.77. The van der Waals surface area contributed by atoms with Gasteiger partial charge in [-0.1, -0.05) is 36.6 Å². The second kappa shape index (κ2) is 9.93. The van der Waals surface area contributed by atoms with Crippen LogP contribution < -0.4 is 21.3 Å². The standard InChI is InChI=1S/C21H23ClN4O3/c22-14-9-11-16(12-10-14)24-20(28)17-7-3-4-8-18(17)23-13-19(27)26-21(29)25-15-5-1-2-6-15/h3-4,7-12,15,23H,1-2,5-6,13H2,(H,24,28)(H2,25,26,27,29). The Bertz CT molecular complexity index is 880. The number of hydrogen-bond acceptors (Lipinski definition) is 4. The molecule has 152 valence electrons. The zero-order valence-electron chi connectivity index (χ0n) is 15.8. The summed E-state index contributed by atoms with van der Waals surface area (Å²) in [5.41, 5.74) is 1.48. The van der Waals surface area contributed by atoms with Gasteiger partial charge in [0.1, 0.15) is 0 Å². The third-order valence-corrected chi connectivity index (χ3v) is 4.91. The number of benzene rings is 2. The fourth-order valence-corrected chi connectivity index (χ4v) is 3.33. The van der Waals surface area contributed by atoms with Gasteiger partial charge >= 0.3 is 6.03 Å². The first kappa shape index (κ1) is 20.7. The first-order chi connectivity index (χ1) is 14.0. The summed E-state index contributed by atoms with van der Waals surface area (Å²) >= 11 is 5.86. The van der Waals surface area contributed by atoms with Crippen molar-refractivity contribution in [2.45, 2.75) is 31.7 Å². The van der Waals surface area contributed by atoms with Crippen molar-refractivity contribution >= 4 is 40.8 Å². The average molecular weight is 415 g/mol. The number of halogens is 1. The molecule has 0 heterocycles. The normalized spacial score (nSPS) is 13.6. The van der Waals surface area contributed by atoms with Crippen molar-refractivity contribution < 1.29 is 14.4 Å². The molecular formula is C21H23ClN4O3. The average Bonchev–Trinajstić information content (AvgIpc) is 3.21. The lowest BCUT2D eigenvalue weighted by atomic mass is 10.1. The Kier molecular flexibility index (Phi) is 7.08. The molecule has 8 heteroatoms. The van der Waals surface area contributed by atoms with E-state index in [9.17, 15) is 14.4 Å². The lowest BCUT2D eigenvalue weighted by Gasteiger charge is -2.14. The van der Waals surface area contributed by atoms with Gasteiger partial charge in [-0.15, -0.1) is 0 Å². The summed E-state index contributed by atoms with van der Waals surface area (Å²) < 4.78 is 0. The second-order valence-electron chi connectivity index (χ2n) is 6.86. The number of nitrogens with one attached hydrogen (secondary N) is 4. The first-order valence-corrected chi connectivity index (χ1v) is 9.89. The van der Waals surface area contributed by atoms with Crippen molar-refractivity contribution in [1.29, 1.82) is 0 Å². The minimum Gasteiger partial charge on any atom is -0.375 e. The van der Waals surface area contributed by atoms with E-state index in [1.807, 2.05) is 0 Å². The quantitative estimate of drug-likeness (QED) is 0.578. The van der Waals surface area contributed by atoms with Crippen molar-refractivity contribution in [2.75, 3.05) is 17.2 Å². The van der Waals surface area contributed by atoms with Gasteiger partial charge < -0.3 is 16.0 Å². The molecule has 0 unspecified atom stereocenters. The highest BCUT2D eigenvalue weighted by atomic mass is 35.5. The van der Waals surface area contributed by atoms with E-state index in [0.717, 1.165) is 25.7 Å². The van der Waals surface area contributed by atoms with Crippen molar-refractivity contribution in [3.8, 4) is 0 Å². The van der Waals surface area contributed by atoms with Crippen molar-refractivity contribution in [3.05, 3.63) is 59.1 Å². The van der Waals surface area contributed by atoms with Crippen LogP contribution in [0.15, 0.2) is 48.5 Å². The monoisotopic (exact) mass is 414 g/mol. The minimum absolute atomic E-state index is 0.132. The van der Waals surface area contributed by atoms with E-state index in [1.54, 1.807) is 48.5 Å². The molecule has 3 rings (SSSR count). The summed E-state index contributed by atoms with van der Waals surface area (Å²) in [5.74, 6) is -0.803. The molecule has 7 nitrogen and oxygen atoms in total. The maximum atomic E-state index is 12.6. The van der Waals surface area contributed by atoms with Gasteiger partial charge in [-0.2, -0.15) is 0 Å². The van der Waals surface area contributed by atoms with Crippen LogP contribution in [0.1, 0.15) is 36.0 Å². The highest BCUT2D eigenvalue weighted by Crippen LogP contribution is 2.19. The molecule has 0 atom stereocenters. The minimum atomic E-state index is -0.488. The number of urea groups is 1. The zero-order chi connectivity index (χ0) is 20.6. The third kappa shape index (κ3) is 6.22. The molecule has 4 N–H and O–H groups in total. The molecule has 2 aromatic carbocycles. The highest BCUT2D eigenvalue weighted by Gasteiger charge is 2.18. The summed E-state index contributed by atoms with van der Waals surface area (Å²) in [5, 5.41) is 11.4. The van der Waals surface area contributed by atoms with Crippen molar-refractivity contribution in [3.63, 3.8) is 0 Å². The number of amides is 4. The number of para-hydroxylation sites is 1. The summed E-state index contributed by atoms with van der Waals surface area (Å²) in [6, 6.07) is 13.2. The fourth-order valence-electron chi connectivity index (χ4n) is 3.20. The van der Waals surface area contributed by atoms with Crippen LogP contribution in [0, 0.1) is 0 Å². The molecule has 0 aliphatic heterocycles. The van der Waals surface area contributed by atoms with E-state index in [2.05, 4.69) is 21.3 Å². The van der Waals surface area contributed by atoms with Crippen LogP contribution in [0.25, 0.3) is 0 Å². The van der Waals surface area contributed by atoms with Gasteiger partial charge in [0.2, 0.25) is 5.91 Å². The van der Waals surface area contributed by atoms with Gasteiger partial charge in [-0.25, -0.2) is 4.79 Å². The molecule has 4 amide bonds. The molecule has 1 fully saturated rings. The molecule has 0 bridgehead atoms. The number of carbonyl (C=O) groups excluding carboxylic acids is 3. The Morgan fingerprint density at radius 2 is 1.66 bits per heavy atom. The fraction of sp³-hybridized carbons (Fsp3) is 0.286. The van der Waals surface area contributed by atoms with Crippen LogP contribution in [0.4, 0.5) is 16.2 Å². The van der Waals surface area contributed by atoms with E-state index in [-0.39, 0.29) is 18.5 Å². The van der Waals surface area contributed by atoms with E-state index in [4.69, 9.17) is 11.6 Å². The van der Waals surface area contributed by atoms with Crippen LogP contribution in [-0.4, -0.2) is 30.4 Å². The van der Waals surface area contributed by atoms with Gasteiger partial charge in [-0.05, 0) is 49.2 Å². The van der Waals surface area contributed by atoms with E-state index < -0.39 is 11.9 Å². The molecule has 1 aliphatic rings. The Labute approximate surface area is 174 Å². The van der Waals surface area contributed by atoms with Gasteiger partial charge in [0, 0.05) is 22.4 Å². The highest BCUT2D eigenvalue weighted by molar-refractivity contribution is 6.30. The number of rotatable bonds is 6. The topological polar surface area (TPSA) is 99.3 Å². The molecule has 0 spiro atoms. The maximum absolute atomic E-state index is 12.6. The van der Waals surface area contributed by atoms with Crippen LogP contribution in [0.3, 0.4) is 0 Å². The summed E-state index contributed by atoms with van der Waals surface area (Å²) in [6.45, 7) is -0.136. The van der Waals surface area contributed by atoms with E-state index in [0.29, 0.717) is 22.0 Å². The van der Waals surface area contributed by atoms with Crippen LogP contribution in [0.5, 0.6) is 0 Å². The van der Waals surface area contributed by atoms with E-state index >= 15 is 0 Å². The number of carbonyl (C=O) groups is 3. The number of anilines is 2. The Morgan fingerprint density at radius 1 is 0.966 bits per heavy atom. The number of hydrogen-bond donors (Lipinski definition) is 4. The van der Waals surface area contributed by atoms with Gasteiger partial charge in [0.15, 0.2) is 0 Å². The summed E-state index contributed by atoms with van der Waals surface area (Å²) in [6.07, 6.45) is 4.07. The van der Waals surface area contributed by atoms with Crippen molar-refractivity contribution in [1.82, 2.24) is 10.6 Å². The van der Waals surface area contributed by atoms with Crippen LogP contribution >= 0.6 is 11.6 Å². The van der Waals surface area contributed by atoms with Crippen molar-refractivity contribution in [2.24, 2.45) is 0 Å². The van der Waals surface area contributed by atoms with Crippen LogP contribution in [0.2, 0.25) is 5.02 Å². The molecule has 29 heavy (non-hydrogen) atoms. The third-order valence-electron chi connectivity index (χ3n) is 4.66. The van der Waals surface area contributed by atoms with Crippen LogP contribution in [-0.2, 0) is 4.79 Å². The molecule has 1 aliphatic carbocycles. The Morgan fingerprint density at radius 3 is 2.38 bits per heavy atom. The van der Waals surface area contributed by atoms with E-state index in [1.165, 1.54) is 0 Å². The molecule has 0 saturated heterocycles. The lowest BCUT2D eigenvalue weighted by molar-refractivity contribution is -0.118. The molecule has 1 saturated carbocycles. The molecule has 0 radical (unpaired) electrons.